The molecule has 3 atom stereocenters. The molecule has 2 rings (SSSR count). The Morgan fingerprint density at radius 3 is 2.21 bits per heavy atom. The number of piperidine rings is 1. The molecule has 1 aliphatic carbocycles. The van der Waals surface area contributed by atoms with Crippen molar-refractivity contribution in [2.75, 3.05) is 19.6 Å². The molecule has 2 N–H and O–H groups in total. The lowest BCUT2D eigenvalue weighted by atomic mass is 9.73. The number of nitrogens with two attached hydrogens (primary N) is 1. The summed E-state index contributed by atoms with van der Waals surface area (Å²) in [6.45, 7) is 13.1. The van der Waals surface area contributed by atoms with Crippen molar-refractivity contribution in [3.63, 3.8) is 0 Å². The van der Waals surface area contributed by atoms with Gasteiger partial charge in [0.2, 0.25) is 0 Å². The smallest absolute Gasteiger partial charge is 0.0138 e. The van der Waals surface area contributed by atoms with Crippen molar-refractivity contribution in [3.8, 4) is 0 Å². The van der Waals surface area contributed by atoms with E-state index in [2.05, 4.69) is 32.6 Å². The summed E-state index contributed by atoms with van der Waals surface area (Å²) in [4.78, 5) is 2.77. The van der Waals surface area contributed by atoms with Crippen LogP contribution in [0.15, 0.2) is 0 Å². The number of nitrogens with zero attached hydrogens (tertiary/aromatic N) is 1. The molecule has 19 heavy (non-hydrogen) atoms. The van der Waals surface area contributed by atoms with Crippen LogP contribution in [-0.4, -0.2) is 30.6 Å². The van der Waals surface area contributed by atoms with Crippen LogP contribution in [0, 0.1) is 23.2 Å². The molecule has 0 radical (unpaired) electrons. The van der Waals surface area contributed by atoms with Crippen molar-refractivity contribution < 1.29 is 0 Å². The molecule has 1 saturated carbocycles. The maximum atomic E-state index is 6.02. The van der Waals surface area contributed by atoms with E-state index in [-0.39, 0.29) is 0 Å². The average molecular weight is 266 g/mol. The fraction of sp³-hybridized carbons (Fsp3) is 1.00. The highest BCUT2D eigenvalue weighted by atomic mass is 15.2. The van der Waals surface area contributed by atoms with Gasteiger partial charge in [0, 0.05) is 6.04 Å². The molecule has 1 aliphatic heterocycles. The van der Waals surface area contributed by atoms with Gasteiger partial charge in [-0.2, -0.15) is 0 Å². The Morgan fingerprint density at radius 2 is 1.68 bits per heavy atom. The molecule has 1 heterocycles. The van der Waals surface area contributed by atoms with Crippen molar-refractivity contribution in [1.82, 2.24) is 4.90 Å². The van der Waals surface area contributed by atoms with Crippen molar-refractivity contribution in [2.45, 2.75) is 65.8 Å². The fourth-order valence-electron chi connectivity index (χ4n) is 4.23. The second kappa shape index (κ2) is 6.13. The number of likely N-dealkylation sites (tertiary alicyclic amines) is 1. The largest absolute Gasteiger partial charge is 0.330 e. The Kier molecular flexibility index (Phi) is 4.94. The first-order valence-electron chi connectivity index (χ1n) is 8.36. The van der Waals surface area contributed by atoms with Crippen LogP contribution >= 0.6 is 0 Å². The SMILES string of the molecule is CC1CCC(CN)C(N2CCC(C(C)(C)C)CC2)C1. The summed E-state index contributed by atoms with van der Waals surface area (Å²) < 4.78 is 0. The molecule has 0 amide bonds. The summed E-state index contributed by atoms with van der Waals surface area (Å²) >= 11 is 0. The molecule has 3 unspecified atom stereocenters. The number of hydrogen-bond acceptors (Lipinski definition) is 2. The second-order valence-corrected chi connectivity index (χ2v) is 8.16. The lowest BCUT2D eigenvalue weighted by molar-refractivity contribution is 0.0339. The van der Waals surface area contributed by atoms with E-state index in [0.29, 0.717) is 5.41 Å². The van der Waals surface area contributed by atoms with E-state index in [1.807, 2.05) is 0 Å². The Balaban J connectivity index is 1.92. The summed E-state index contributed by atoms with van der Waals surface area (Å²) in [5.41, 5.74) is 6.50. The molecule has 0 aromatic heterocycles. The molecule has 2 fully saturated rings. The van der Waals surface area contributed by atoms with Crippen LogP contribution in [0.1, 0.15) is 59.8 Å². The highest BCUT2D eigenvalue weighted by Crippen LogP contribution is 2.38. The van der Waals surface area contributed by atoms with Crippen LogP contribution in [0.3, 0.4) is 0 Å². The maximum Gasteiger partial charge on any atom is 0.0138 e. The first kappa shape index (κ1) is 15.3. The van der Waals surface area contributed by atoms with E-state index in [9.17, 15) is 0 Å². The minimum absolute atomic E-state index is 0.485. The zero-order valence-electron chi connectivity index (χ0n) is 13.5. The average Bonchev–Trinajstić information content (AvgIpc) is 2.38. The van der Waals surface area contributed by atoms with Gasteiger partial charge in [-0.15, -0.1) is 0 Å². The van der Waals surface area contributed by atoms with Gasteiger partial charge in [0.1, 0.15) is 0 Å². The van der Waals surface area contributed by atoms with Gasteiger partial charge in [-0.05, 0) is 68.5 Å². The molecule has 0 aromatic rings. The number of rotatable bonds is 2. The van der Waals surface area contributed by atoms with E-state index in [1.165, 1.54) is 45.2 Å². The van der Waals surface area contributed by atoms with E-state index < -0.39 is 0 Å². The molecule has 112 valence electrons. The zero-order valence-corrected chi connectivity index (χ0v) is 13.5. The first-order chi connectivity index (χ1) is 8.91. The van der Waals surface area contributed by atoms with Crippen LogP contribution < -0.4 is 5.73 Å². The van der Waals surface area contributed by atoms with Gasteiger partial charge >= 0.3 is 0 Å². The molecule has 2 aliphatic rings. The highest BCUT2D eigenvalue weighted by molar-refractivity contribution is 4.90. The van der Waals surface area contributed by atoms with Gasteiger partial charge in [0.25, 0.3) is 0 Å². The van der Waals surface area contributed by atoms with Crippen LogP contribution in [0.5, 0.6) is 0 Å². The maximum absolute atomic E-state index is 6.02. The van der Waals surface area contributed by atoms with Crippen LogP contribution in [0.2, 0.25) is 0 Å². The second-order valence-electron chi connectivity index (χ2n) is 8.16. The molecule has 0 spiro atoms. The van der Waals surface area contributed by atoms with Crippen LogP contribution in [-0.2, 0) is 0 Å². The van der Waals surface area contributed by atoms with Crippen molar-refractivity contribution >= 4 is 0 Å². The third kappa shape index (κ3) is 3.72. The predicted molar refractivity (Wildman–Crippen MR) is 83.1 cm³/mol. The fourth-order valence-corrected chi connectivity index (χ4v) is 4.23. The van der Waals surface area contributed by atoms with Crippen molar-refractivity contribution in [1.29, 1.82) is 0 Å². The standard InChI is InChI=1S/C17H34N2/c1-13-5-6-14(12-18)16(11-13)19-9-7-15(8-10-19)17(2,3)4/h13-16H,5-12,18H2,1-4H3. The third-order valence-electron chi connectivity index (χ3n) is 5.74. The normalized spacial score (nSPS) is 35.5. The van der Waals surface area contributed by atoms with Gasteiger partial charge < -0.3 is 10.6 Å². The molecule has 0 bridgehead atoms. The van der Waals surface area contributed by atoms with Gasteiger partial charge in [-0.25, -0.2) is 0 Å². The molecule has 2 heteroatoms. The monoisotopic (exact) mass is 266 g/mol. The summed E-state index contributed by atoms with van der Waals surface area (Å²) in [5, 5.41) is 0. The molecular weight excluding hydrogens is 232 g/mol. The van der Waals surface area contributed by atoms with Gasteiger partial charge in [0.15, 0.2) is 0 Å². The quantitative estimate of drug-likeness (QED) is 0.829. The van der Waals surface area contributed by atoms with Crippen LogP contribution in [0.4, 0.5) is 0 Å². The topological polar surface area (TPSA) is 29.3 Å². The van der Waals surface area contributed by atoms with Gasteiger partial charge in [-0.3, -0.25) is 0 Å². The zero-order chi connectivity index (χ0) is 14.0. The number of hydrogen-bond donors (Lipinski definition) is 1. The highest BCUT2D eigenvalue weighted by Gasteiger charge is 2.36. The third-order valence-corrected chi connectivity index (χ3v) is 5.74. The Bertz CT molecular complexity index is 273. The van der Waals surface area contributed by atoms with E-state index in [0.717, 1.165) is 30.3 Å². The van der Waals surface area contributed by atoms with E-state index in [1.54, 1.807) is 0 Å². The van der Waals surface area contributed by atoms with E-state index in [4.69, 9.17) is 5.73 Å². The Labute approximate surface area is 120 Å². The van der Waals surface area contributed by atoms with Gasteiger partial charge in [-0.1, -0.05) is 34.1 Å². The van der Waals surface area contributed by atoms with Crippen molar-refractivity contribution in [3.05, 3.63) is 0 Å². The van der Waals surface area contributed by atoms with Gasteiger partial charge in [0.05, 0.1) is 0 Å². The van der Waals surface area contributed by atoms with E-state index >= 15 is 0 Å². The molecule has 0 aromatic carbocycles. The lowest BCUT2D eigenvalue weighted by Gasteiger charge is -2.46. The first-order valence-corrected chi connectivity index (χ1v) is 8.36. The molecule has 2 nitrogen and oxygen atoms in total. The predicted octanol–water partition coefficient (Wildman–Crippen LogP) is 3.51. The van der Waals surface area contributed by atoms with Crippen LogP contribution in [0.25, 0.3) is 0 Å². The summed E-state index contributed by atoms with van der Waals surface area (Å²) in [6.07, 6.45) is 6.87. The Hall–Kier alpha value is -0.0800. The summed E-state index contributed by atoms with van der Waals surface area (Å²) in [7, 11) is 0. The minimum atomic E-state index is 0.485. The molecule has 1 saturated heterocycles. The molecular formula is C17H34N2. The summed E-state index contributed by atoms with van der Waals surface area (Å²) in [6, 6.07) is 0.773. The minimum Gasteiger partial charge on any atom is -0.330 e. The Morgan fingerprint density at radius 1 is 1.05 bits per heavy atom. The van der Waals surface area contributed by atoms with Crippen molar-refractivity contribution in [2.24, 2.45) is 28.9 Å². The summed E-state index contributed by atoms with van der Waals surface area (Å²) in [5.74, 6) is 2.55. The lowest BCUT2D eigenvalue weighted by Crippen LogP contribution is -2.50.